The van der Waals surface area contributed by atoms with E-state index in [2.05, 4.69) is 114 Å². The van der Waals surface area contributed by atoms with Crippen LogP contribution in [0.25, 0.3) is 32.7 Å². The molecule has 0 aliphatic carbocycles. The largest absolute Gasteiger partial charge is 0.507 e. The first-order valence-electron chi connectivity index (χ1n) is 42.6. The number of hydrogen-bond acceptors (Lipinski definition) is 32. The van der Waals surface area contributed by atoms with Crippen molar-refractivity contribution in [1.29, 1.82) is 0 Å². The first-order valence-corrected chi connectivity index (χ1v) is 44.9. The Morgan fingerprint density at radius 3 is 1.00 bits per heavy atom. The van der Waals surface area contributed by atoms with Gasteiger partial charge in [0, 0.05) is 76.8 Å². The number of morpholine rings is 3. The molecular weight excluding hydrogens is 1940 g/mol. The highest BCUT2D eigenvalue weighted by Crippen LogP contribution is 2.35. The van der Waals surface area contributed by atoms with Crippen molar-refractivity contribution in [2.75, 3.05) is 165 Å². The van der Waals surface area contributed by atoms with E-state index < -0.39 is 17.5 Å². The number of halogens is 7. The molecule has 0 unspecified atom stereocenters. The summed E-state index contributed by atoms with van der Waals surface area (Å²) >= 11 is 18.3. The molecule has 3 saturated heterocycles. The number of fused-ring (bicyclic) bond motifs is 3. The van der Waals surface area contributed by atoms with Crippen LogP contribution >= 0.6 is 55.1 Å². The van der Waals surface area contributed by atoms with Crippen LogP contribution in [0.4, 0.5) is 65.8 Å². The maximum Gasteiger partial charge on any atom is 0.225 e. The van der Waals surface area contributed by atoms with Gasteiger partial charge in [-0.05, 0) is 140 Å². The van der Waals surface area contributed by atoms with Crippen molar-refractivity contribution in [2.24, 2.45) is 0 Å². The Labute approximate surface area is 809 Å². The number of phenolic OH excluding ortho intramolecular Hbond substituents is 4. The van der Waals surface area contributed by atoms with Gasteiger partial charge in [0.15, 0.2) is 69.6 Å². The molecule has 0 radical (unpaired) electrons. The SMILES string of the molecule is O=C(CNc1ccc(F)c(N2CCOCC2)n1)c1cc(Br)cc(Cl)c1O.O=C(CNc1ccc2ccccc2n1)c1cc(Br)cc(Cl)c1O.O=C(CNc1ccc2ccccc2n1)c1ccccc1O.O=C(CNc1ccc2ccccc2n1)c1ccccn1.O=C(CNc1ncc(F)c(N2CCOCC2)n1)c1ccccc1O.O=C(CNc1ncc(F)c(N2CCOCC2)n1)c1ccccn1. The predicted octanol–water partition coefficient (Wildman–Crippen LogP) is 16.9. The Balaban J connectivity index is 0.000000139. The molecule has 11 heterocycles. The van der Waals surface area contributed by atoms with Crippen LogP contribution in [0.3, 0.4) is 0 Å². The van der Waals surface area contributed by atoms with Crippen LogP contribution in [0.5, 0.6) is 23.0 Å². The number of nitrogens with zero attached hydrogens (tertiary/aromatic N) is 13. The number of anilines is 9. The van der Waals surface area contributed by atoms with Gasteiger partial charge in [-0.1, -0.05) is 146 Å². The van der Waals surface area contributed by atoms with Crippen molar-refractivity contribution < 1.29 is 76.6 Å². The van der Waals surface area contributed by atoms with Crippen LogP contribution in [0.15, 0.2) is 264 Å². The van der Waals surface area contributed by atoms with Crippen LogP contribution < -0.4 is 46.6 Å². The van der Waals surface area contributed by atoms with E-state index in [1.165, 1.54) is 48.5 Å². The van der Waals surface area contributed by atoms with E-state index in [9.17, 15) is 62.4 Å². The number of nitrogens with one attached hydrogen (secondary N) is 6. The predicted molar refractivity (Wildman–Crippen MR) is 526 cm³/mol. The average molecular weight is 2030 g/mol. The number of aromatic nitrogens is 10. The molecule has 0 spiro atoms. The number of aromatic hydroxyl groups is 4. The summed E-state index contributed by atoms with van der Waals surface area (Å²) in [6, 6.07) is 66.8. The van der Waals surface area contributed by atoms with Crippen molar-refractivity contribution >= 4 is 175 Å². The molecule has 0 atom stereocenters. The second kappa shape index (κ2) is 49.8. The fraction of sp³-hybridized carbons (Fsp3) is 0.184. The van der Waals surface area contributed by atoms with Crippen molar-refractivity contribution in [2.45, 2.75) is 0 Å². The summed E-state index contributed by atoms with van der Waals surface area (Å²) in [6.45, 7) is 6.49. The maximum atomic E-state index is 14.1. The topological polar surface area (TPSA) is 422 Å². The second-order valence-corrected chi connectivity index (χ2v) is 32.5. The minimum absolute atomic E-state index is 0.00392. The van der Waals surface area contributed by atoms with E-state index in [1.54, 1.807) is 99.9 Å². The lowest BCUT2D eigenvalue weighted by Gasteiger charge is -2.28. The van der Waals surface area contributed by atoms with Gasteiger partial charge >= 0.3 is 0 Å². The van der Waals surface area contributed by atoms with E-state index in [4.69, 9.17) is 37.4 Å². The molecule has 15 aromatic rings. The Morgan fingerprint density at radius 1 is 0.328 bits per heavy atom. The Kier molecular flexibility index (Phi) is 36.2. The van der Waals surface area contributed by atoms with Crippen molar-refractivity contribution in [3.8, 4) is 23.0 Å². The Hall–Kier alpha value is -15.0. The number of hydrogen-bond donors (Lipinski definition) is 10. The molecule has 8 aromatic heterocycles. The minimum atomic E-state index is -0.519. The van der Waals surface area contributed by atoms with Gasteiger partial charge in [-0.2, -0.15) is 9.97 Å². The highest BCUT2D eigenvalue weighted by atomic mass is 79.9. The van der Waals surface area contributed by atoms with E-state index in [-0.39, 0.29) is 153 Å². The fourth-order valence-electron chi connectivity index (χ4n) is 13.5. The Morgan fingerprint density at radius 2 is 0.635 bits per heavy atom. The molecule has 18 rings (SSSR count). The standard InChI is InChI=1S/C17H16BrClFN3O3.C17H12BrClN2O2.C17H14N2O2.C16H17FN4O3.C16H13N3O.C15H16FN5O2/c18-10-7-11(16(25)12(19)8-10)14(24)9-21-15-2-1-13(20)17(22-15)23-3-5-26-6-4-23;18-11-7-12(17(23)13(19)8-11)15(22)9-20-16-6-5-10-3-1-2-4-14(10)21-16;20-15-8-4-2-6-13(15)16(21)11-18-17-10-9-12-5-1-3-7-14(12)19-17;17-12-9-18-16(20-15(12)21-5-7-24-8-6-21)19-10-14(23)11-3-1-2-4-13(11)22;20-15(14-7-3-4-10-17-14)11-18-16-9-8-12-5-1-2-6-13(12)19-16;16-11-9-18-15(20-14(11)21-5-7-23-8-6-21)19-10-13(22)12-3-1-2-4-17-12/h1-2,7-8,25H,3-6,9H2,(H,21,22);1-8,23H,9H2,(H,20,21);1-10,20H,11H2,(H,18,19);1-4,9,22H,5-8,10H2,(H,18,19,20);1-10H,11H2,(H,18,19);1-4,9H,5-8,10H2,(H,18,19,20). The number of carbonyl (C=O) groups excluding carboxylic acids is 6. The van der Waals surface area contributed by atoms with Crippen LogP contribution in [0, 0.1) is 17.5 Å². The first-order chi connectivity index (χ1) is 66.4. The molecule has 3 aliphatic heterocycles. The number of phenols is 4. The lowest BCUT2D eigenvalue weighted by molar-refractivity contribution is 0.0993. The lowest BCUT2D eigenvalue weighted by Crippen LogP contribution is -2.37. The number of rotatable bonds is 27. The van der Waals surface area contributed by atoms with Gasteiger partial charge < -0.3 is 81.2 Å². The highest BCUT2D eigenvalue weighted by Gasteiger charge is 2.25. The maximum absolute atomic E-state index is 14.1. The number of para-hydroxylation sites is 5. The Bertz CT molecular complexity index is 6750. The van der Waals surface area contributed by atoms with Gasteiger partial charge in [0.25, 0.3) is 0 Å². The van der Waals surface area contributed by atoms with Crippen molar-refractivity contribution in [3.63, 3.8) is 0 Å². The van der Waals surface area contributed by atoms with Gasteiger partial charge in [-0.25, -0.2) is 43.1 Å². The molecule has 3 aliphatic rings. The smallest absolute Gasteiger partial charge is 0.225 e. The molecule has 702 valence electrons. The number of carbonyl (C=O) groups is 6. The van der Waals surface area contributed by atoms with Crippen molar-refractivity contribution in [1.82, 2.24) is 49.8 Å². The van der Waals surface area contributed by atoms with Gasteiger partial charge in [-0.3, -0.25) is 38.7 Å². The van der Waals surface area contributed by atoms with E-state index >= 15 is 0 Å². The molecule has 10 N–H and O–H groups in total. The zero-order valence-electron chi connectivity index (χ0n) is 72.9. The summed E-state index contributed by atoms with van der Waals surface area (Å²) in [5.74, 6) is -0.132. The monoisotopic (exact) mass is 2020 g/mol. The number of Topliss-reactive ketones (excluding diaryl/α,β-unsaturated/α-hetero) is 6. The zero-order valence-corrected chi connectivity index (χ0v) is 77.6. The number of benzene rings is 7. The summed E-state index contributed by atoms with van der Waals surface area (Å²) in [5.41, 5.74) is 4.21. The third kappa shape index (κ3) is 28.8. The summed E-state index contributed by atoms with van der Waals surface area (Å²) < 4.78 is 58.9. The normalized spacial score (nSPS) is 12.6. The van der Waals surface area contributed by atoms with Crippen LogP contribution in [-0.4, -0.2) is 223 Å². The van der Waals surface area contributed by atoms with E-state index in [0.717, 1.165) is 45.1 Å². The van der Waals surface area contributed by atoms with Gasteiger partial charge in [0.2, 0.25) is 11.9 Å². The highest BCUT2D eigenvalue weighted by molar-refractivity contribution is 9.10. The van der Waals surface area contributed by atoms with Gasteiger partial charge in [0.1, 0.15) is 57.7 Å². The first kappa shape index (κ1) is 99.5. The zero-order chi connectivity index (χ0) is 96.5. The third-order valence-electron chi connectivity index (χ3n) is 20.5. The molecule has 137 heavy (non-hydrogen) atoms. The molecule has 32 nitrogen and oxygen atoms in total. The number of pyridine rings is 6. The van der Waals surface area contributed by atoms with E-state index in [1.807, 2.05) is 109 Å². The number of ketones is 6. The second-order valence-electron chi connectivity index (χ2n) is 29.9. The van der Waals surface area contributed by atoms with Gasteiger partial charge in [0.05, 0.1) is 140 Å². The summed E-state index contributed by atoms with van der Waals surface area (Å²) in [7, 11) is 0. The summed E-state index contributed by atoms with van der Waals surface area (Å²) in [4.78, 5) is 120. The lowest BCUT2D eigenvalue weighted by atomic mass is 10.1. The fourth-order valence-corrected chi connectivity index (χ4v) is 15.1. The van der Waals surface area contributed by atoms with Crippen molar-refractivity contribution in [3.05, 3.63) is 325 Å². The molecule has 0 amide bonds. The van der Waals surface area contributed by atoms with Crippen LogP contribution in [-0.2, 0) is 14.2 Å². The molecule has 0 bridgehead atoms. The average Bonchev–Trinajstić information content (AvgIpc) is 0.826. The molecule has 0 saturated carbocycles. The summed E-state index contributed by atoms with van der Waals surface area (Å²) in [6.07, 6.45) is 5.34. The molecular formula is C98H88Br2Cl2F3N19O13. The van der Waals surface area contributed by atoms with Crippen LogP contribution in [0.1, 0.15) is 62.4 Å². The molecule has 3 fully saturated rings. The molecule has 7 aromatic carbocycles. The summed E-state index contributed by atoms with van der Waals surface area (Å²) in [5, 5.41) is 60.0. The van der Waals surface area contributed by atoms with Crippen LogP contribution in [0.2, 0.25) is 10.0 Å². The van der Waals surface area contributed by atoms with Gasteiger partial charge in [-0.15, -0.1) is 0 Å². The minimum Gasteiger partial charge on any atom is -0.507 e. The quantitative estimate of drug-likeness (QED) is 0.0214. The third-order valence-corrected chi connectivity index (χ3v) is 22.0. The van der Waals surface area contributed by atoms with E-state index in [0.29, 0.717) is 128 Å². The number of ether oxygens (including phenoxy) is 3. The molecule has 39 heteroatoms.